The first-order valence-corrected chi connectivity index (χ1v) is 11.6. The van der Waals surface area contributed by atoms with Crippen LogP contribution in [0.15, 0.2) is 25.4 Å². The van der Waals surface area contributed by atoms with Crippen LogP contribution in [0.25, 0.3) is 0 Å². The van der Waals surface area contributed by atoms with Crippen molar-refractivity contribution in [3.63, 3.8) is 0 Å². The minimum atomic E-state index is -0.476. The second-order valence-electron chi connectivity index (χ2n) is 4.58. The Morgan fingerprint density at radius 3 is 2.33 bits per heavy atom. The molecule has 4 heteroatoms. The van der Waals surface area contributed by atoms with E-state index in [1.165, 1.54) is 37.2 Å². The van der Waals surface area contributed by atoms with Crippen LogP contribution in [0.3, 0.4) is 0 Å². The molecule has 3 nitrogen and oxygen atoms in total. The average Bonchev–Trinajstić information content (AvgIpc) is 2.88. The van der Waals surface area contributed by atoms with Gasteiger partial charge in [-0.1, -0.05) is 6.58 Å². The van der Waals surface area contributed by atoms with Crippen molar-refractivity contribution in [2.45, 2.75) is 35.9 Å². The van der Waals surface area contributed by atoms with Crippen molar-refractivity contribution in [3.8, 4) is 0 Å². The minimum absolute atomic E-state index is 0.0590. The van der Waals surface area contributed by atoms with Crippen LogP contribution >= 0.6 is 0 Å². The number of carbonyl (C=O) groups is 1. The summed E-state index contributed by atoms with van der Waals surface area (Å²) in [7, 11) is 0. The molecule has 0 saturated carbocycles. The second kappa shape index (κ2) is 11.4. The molecule has 104 valence electrons. The van der Waals surface area contributed by atoms with Crippen LogP contribution in [-0.4, -0.2) is 45.1 Å². The van der Waals surface area contributed by atoms with E-state index >= 15 is 0 Å². The van der Waals surface area contributed by atoms with Crippen LogP contribution in [0, 0.1) is 0 Å². The predicted octanol–water partition coefficient (Wildman–Crippen LogP) is 2.66. The topological polar surface area (TPSA) is 32.3 Å². The van der Waals surface area contributed by atoms with Gasteiger partial charge in [-0.25, -0.2) is 0 Å². The van der Waals surface area contributed by atoms with Crippen molar-refractivity contribution in [2.75, 3.05) is 19.6 Å². The maximum absolute atomic E-state index is 10.6. The molecule has 1 rings (SSSR count). The Morgan fingerprint density at radius 2 is 1.94 bits per heavy atom. The van der Waals surface area contributed by atoms with E-state index in [9.17, 15) is 4.79 Å². The average molecular weight is 314 g/mol. The molecule has 0 aromatic heterocycles. The molecule has 0 spiro atoms. The van der Waals surface area contributed by atoms with Crippen molar-refractivity contribution in [2.24, 2.45) is 0 Å². The molecule has 1 fully saturated rings. The van der Waals surface area contributed by atoms with E-state index in [1.807, 2.05) is 6.20 Å². The Morgan fingerprint density at radius 1 is 1.33 bits per heavy atom. The molecule has 0 aromatic rings. The van der Waals surface area contributed by atoms with Gasteiger partial charge in [-0.15, -0.1) is 0 Å². The first kappa shape index (κ1) is 17.3. The van der Waals surface area contributed by atoms with Gasteiger partial charge in [-0.05, 0) is 19.0 Å². The summed E-state index contributed by atoms with van der Waals surface area (Å²) in [6, 6.07) is 0. The summed E-state index contributed by atoms with van der Waals surface area (Å²) in [5.74, 6) is -0.0590. The Kier molecular flexibility index (Phi) is 11.0. The summed E-state index contributed by atoms with van der Waals surface area (Å²) in [6.45, 7) is 10.3. The van der Waals surface area contributed by atoms with Crippen LogP contribution < -0.4 is 5.32 Å². The SMILES string of the molecule is C=CC(=O)NCCC[As](C)C.C=CN1CCCC1. The van der Waals surface area contributed by atoms with Crippen molar-refractivity contribution < 1.29 is 4.79 Å². The zero-order valence-electron chi connectivity index (χ0n) is 11.8. The third-order valence-electron chi connectivity index (χ3n) is 2.67. The summed E-state index contributed by atoms with van der Waals surface area (Å²) in [5, 5.41) is 4.06. The molecule has 0 aromatic carbocycles. The van der Waals surface area contributed by atoms with Crippen molar-refractivity contribution in [3.05, 3.63) is 25.4 Å². The molecule has 1 saturated heterocycles. The molecule has 0 radical (unpaired) electrons. The van der Waals surface area contributed by atoms with Gasteiger partial charge in [-0.2, -0.15) is 0 Å². The van der Waals surface area contributed by atoms with Crippen LogP contribution in [0.2, 0.25) is 16.6 Å². The summed E-state index contributed by atoms with van der Waals surface area (Å²) in [6.07, 6.45) is 7.06. The van der Waals surface area contributed by atoms with Gasteiger partial charge in [0, 0.05) is 13.1 Å². The van der Waals surface area contributed by atoms with E-state index in [0.29, 0.717) is 0 Å². The Balaban J connectivity index is 0.000000351. The van der Waals surface area contributed by atoms with Crippen molar-refractivity contribution >= 4 is 20.6 Å². The summed E-state index contributed by atoms with van der Waals surface area (Å²) in [4.78, 5) is 12.9. The number of rotatable bonds is 6. The van der Waals surface area contributed by atoms with Crippen LogP contribution in [0.1, 0.15) is 19.3 Å². The van der Waals surface area contributed by atoms with E-state index in [1.54, 1.807) is 0 Å². The smallest absolute Gasteiger partial charge is 0.0172 e. The molecular formula is C14H27AsN2O. The number of nitrogens with one attached hydrogen (secondary N) is 1. The van der Waals surface area contributed by atoms with Gasteiger partial charge >= 0.3 is 72.9 Å². The number of nitrogens with zero attached hydrogens (tertiary/aromatic N) is 1. The molecule has 0 bridgehead atoms. The third-order valence-corrected chi connectivity index (χ3v) is 5.21. The van der Waals surface area contributed by atoms with Crippen molar-refractivity contribution in [1.29, 1.82) is 0 Å². The molecular weight excluding hydrogens is 287 g/mol. The number of likely N-dealkylation sites (tertiary alicyclic amines) is 1. The van der Waals surface area contributed by atoms with E-state index in [-0.39, 0.29) is 5.91 Å². The third kappa shape index (κ3) is 10.5. The van der Waals surface area contributed by atoms with Crippen LogP contribution in [0.5, 0.6) is 0 Å². The fourth-order valence-corrected chi connectivity index (χ4v) is 3.26. The minimum Gasteiger partial charge on any atom is -0.378 e. The summed E-state index contributed by atoms with van der Waals surface area (Å²) < 4.78 is 0. The number of hydrogen-bond acceptors (Lipinski definition) is 2. The van der Waals surface area contributed by atoms with Crippen LogP contribution in [-0.2, 0) is 4.79 Å². The number of hydrogen-bond donors (Lipinski definition) is 1. The van der Waals surface area contributed by atoms with E-state index < -0.39 is 14.7 Å². The monoisotopic (exact) mass is 314 g/mol. The quantitative estimate of drug-likeness (QED) is 0.464. The van der Waals surface area contributed by atoms with Gasteiger partial charge in [-0.3, -0.25) is 0 Å². The Bertz CT molecular complexity index is 248. The molecule has 18 heavy (non-hydrogen) atoms. The van der Waals surface area contributed by atoms with E-state index in [0.717, 1.165) is 13.0 Å². The van der Waals surface area contributed by atoms with Crippen molar-refractivity contribution in [1.82, 2.24) is 10.2 Å². The molecule has 0 unspecified atom stereocenters. The predicted molar refractivity (Wildman–Crippen MR) is 81.1 cm³/mol. The van der Waals surface area contributed by atoms with Gasteiger partial charge in [0.1, 0.15) is 0 Å². The van der Waals surface area contributed by atoms with E-state index in [2.05, 4.69) is 34.8 Å². The van der Waals surface area contributed by atoms with E-state index in [4.69, 9.17) is 0 Å². The zero-order valence-corrected chi connectivity index (χ0v) is 13.7. The van der Waals surface area contributed by atoms with Gasteiger partial charge in [0.25, 0.3) is 0 Å². The summed E-state index contributed by atoms with van der Waals surface area (Å²) in [5.41, 5.74) is 4.64. The molecule has 1 N–H and O–H groups in total. The zero-order chi connectivity index (χ0) is 13.8. The standard InChI is InChI=1S/C8H16AsNO.C6H11N/c1-4-8(11)10-7-5-6-9(2)3;1-2-7-5-3-4-6-7/h4H,1,5-7H2,2-3H3,(H,10,11);2H,1,3-6H2. The summed E-state index contributed by atoms with van der Waals surface area (Å²) >= 11 is -0.476. The van der Waals surface area contributed by atoms with Crippen LogP contribution in [0.4, 0.5) is 0 Å². The molecule has 1 aliphatic rings. The Hall–Kier alpha value is -0.692. The van der Waals surface area contributed by atoms with Gasteiger partial charge in [0.15, 0.2) is 0 Å². The maximum atomic E-state index is 10.6. The second-order valence-corrected chi connectivity index (χ2v) is 10.0. The molecule has 0 atom stereocenters. The molecule has 1 amide bonds. The fraction of sp³-hybridized carbons (Fsp3) is 0.643. The van der Waals surface area contributed by atoms with Gasteiger partial charge < -0.3 is 4.90 Å². The first-order chi connectivity index (χ1) is 8.60. The largest absolute Gasteiger partial charge is 0.378 e. The van der Waals surface area contributed by atoms with Gasteiger partial charge in [0.2, 0.25) is 0 Å². The first-order valence-electron chi connectivity index (χ1n) is 6.51. The molecule has 1 heterocycles. The molecule has 0 aliphatic carbocycles. The number of amides is 1. The fourth-order valence-electron chi connectivity index (χ4n) is 1.60. The normalized spacial score (nSPS) is 13.8. The maximum Gasteiger partial charge on any atom is 0.0172 e. The molecule has 1 aliphatic heterocycles. The Labute approximate surface area is 117 Å². The van der Waals surface area contributed by atoms with Gasteiger partial charge in [0.05, 0.1) is 0 Å². The number of carbonyl (C=O) groups excluding carboxylic acids is 1.